The number of quaternary nitrogens is 1. The first kappa shape index (κ1) is 10.8. The zero-order valence-electron chi connectivity index (χ0n) is 8.82. The molecule has 0 spiro atoms. The van der Waals surface area contributed by atoms with Gasteiger partial charge in [-0.15, -0.1) is 0 Å². The van der Waals surface area contributed by atoms with Crippen molar-refractivity contribution in [2.45, 2.75) is 33.6 Å². The lowest BCUT2D eigenvalue weighted by Gasteiger charge is -2.20. The van der Waals surface area contributed by atoms with Crippen molar-refractivity contribution in [3.63, 3.8) is 0 Å². The molecule has 1 rings (SSSR count). The number of carbonyl (C=O) groups is 1. The highest BCUT2D eigenvalue weighted by Gasteiger charge is 2.45. The summed E-state index contributed by atoms with van der Waals surface area (Å²) >= 11 is 0. The van der Waals surface area contributed by atoms with Gasteiger partial charge in [0.1, 0.15) is 12.2 Å². The topological polar surface area (TPSA) is 62.0 Å². The van der Waals surface area contributed by atoms with E-state index in [-0.39, 0.29) is 4.59 Å². The monoisotopic (exact) mass is 198 g/mol. The maximum absolute atomic E-state index is 11.2. The second kappa shape index (κ2) is 3.88. The summed E-state index contributed by atoms with van der Waals surface area (Å²) in [4.78, 5) is 11.2. The van der Waals surface area contributed by atoms with E-state index in [1.807, 2.05) is 6.92 Å². The van der Waals surface area contributed by atoms with E-state index in [9.17, 15) is 4.79 Å². The van der Waals surface area contributed by atoms with Gasteiger partial charge in [-0.25, -0.2) is 0 Å². The van der Waals surface area contributed by atoms with Crippen molar-refractivity contribution in [2.75, 3.05) is 6.54 Å². The molecule has 0 aliphatic carbocycles. The fourth-order valence-electron chi connectivity index (χ4n) is 1.43. The van der Waals surface area contributed by atoms with Gasteiger partial charge in [0.25, 0.3) is 0 Å². The first-order valence-corrected chi connectivity index (χ1v) is 4.77. The molecular weight excluding hydrogens is 182 g/mol. The Morgan fingerprint density at radius 3 is 2.50 bits per heavy atom. The van der Waals surface area contributed by atoms with E-state index in [0.29, 0.717) is 17.9 Å². The average molecular weight is 198 g/mol. The van der Waals surface area contributed by atoms with Gasteiger partial charge in [0.2, 0.25) is 0 Å². The van der Waals surface area contributed by atoms with Gasteiger partial charge in [0, 0.05) is 12.1 Å². The highest BCUT2D eigenvalue weighted by molar-refractivity contribution is 5.58. The first-order valence-electron chi connectivity index (χ1n) is 4.77. The van der Waals surface area contributed by atoms with Gasteiger partial charge in [-0.1, -0.05) is 18.5 Å². The highest BCUT2D eigenvalue weighted by atomic mass is 16.4. The summed E-state index contributed by atoms with van der Waals surface area (Å²) in [6, 6.07) is 0. The molecule has 0 saturated heterocycles. The predicted octanol–water partition coefficient (Wildman–Crippen LogP) is 2.91. The van der Waals surface area contributed by atoms with Gasteiger partial charge in [-0.3, -0.25) is 0 Å². The van der Waals surface area contributed by atoms with Gasteiger partial charge in [-0.2, -0.15) is 4.79 Å². The Bertz CT molecular complexity index is 309. The molecule has 0 aromatic rings. The van der Waals surface area contributed by atoms with Crippen LogP contribution in [0.5, 0.6) is 0 Å². The summed E-state index contributed by atoms with van der Waals surface area (Å²) in [6.07, 6.45) is 0.835. The van der Waals surface area contributed by atoms with Gasteiger partial charge < -0.3 is 5.11 Å². The van der Waals surface area contributed by atoms with Gasteiger partial charge >= 0.3 is 6.09 Å². The first-order chi connectivity index (χ1) is 6.54. The fraction of sp³-hybridized carbons (Fsp3) is 0.667. The van der Waals surface area contributed by atoms with E-state index >= 15 is 0 Å². The van der Waals surface area contributed by atoms with Crippen LogP contribution < -0.4 is 0 Å². The quantitative estimate of drug-likeness (QED) is 0.708. The fourth-order valence-corrected chi connectivity index (χ4v) is 1.43. The van der Waals surface area contributed by atoms with Gasteiger partial charge in [0.15, 0.2) is 5.70 Å². The highest BCUT2D eigenvalue weighted by Crippen LogP contribution is 2.30. The van der Waals surface area contributed by atoms with E-state index < -0.39 is 6.09 Å². The third-order valence-corrected chi connectivity index (χ3v) is 2.58. The number of carboxylic acid groups (broad SMARTS) is 1. The Labute approximate surface area is 83.3 Å². The van der Waals surface area contributed by atoms with E-state index in [0.717, 1.165) is 12.8 Å². The SMILES string of the molecule is CCCC[N+]1(C(=O)O)N=NC(C)=C1C. The van der Waals surface area contributed by atoms with Gasteiger partial charge in [-0.05, 0) is 17.9 Å². The summed E-state index contributed by atoms with van der Waals surface area (Å²) in [5, 5.41) is 16.9. The summed E-state index contributed by atoms with van der Waals surface area (Å²) in [5.74, 6) is 0. The summed E-state index contributed by atoms with van der Waals surface area (Å²) in [5.41, 5.74) is 1.43. The van der Waals surface area contributed by atoms with E-state index in [1.54, 1.807) is 13.8 Å². The molecule has 5 heteroatoms. The zero-order chi connectivity index (χ0) is 10.8. The Morgan fingerprint density at radius 2 is 2.14 bits per heavy atom. The van der Waals surface area contributed by atoms with Crippen LogP contribution in [-0.2, 0) is 0 Å². The molecule has 1 N–H and O–H groups in total. The molecule has 1 heterocycles. The molecule has 0 fully saturated rings. The van der Waals surface area contributed by atoms with Crippen molar-refractivity contribution in [1.29, 1.82) is 0 Å². The molecule has 1 aliphatic heterocycles. The normalized spacial score (nSPS) is 25.9. The number of amides is 1. The van der Waals surface area contributed by atoms with Crippen molar-refractivity contribution < 1.29 is 14.5 Å². The van der Waals surface area contributed by atoms with Crippen LogP contribution >= 0.6 is 0 Å². The lowest BCUT2D eigenvalue weighted by atomic mass is 10.2. The largest absolute Gasteiger partial charge is 0.547 e. The van der Waals surface area contributed by atoms with E-state index in [1.165, 1.54) is 0 Å². The van der Waals surface area contributed by atoms with Gasteiger partial charge in [0.05, 0.1) is 0 Å². The minimum Gasteiger partial charge on any atom is -0.433 e. The Morgan fingerprint density at radius 1 is 1.50 bits per heavy atom. The van der Waals surface area contributed by atoms with Crippen molar-refractivity contribution in [3.05, 3.63) is 11.4 Å². The van der Waals surface area contributed by atoms with Crippen LogP contribution in [0.2, 0.25) is 0 Å². The molecule has 1 atom stereocenters. The minimum absolute atomic E-state index is 0.361. The summed E-state index contributed by atoms with van der Waals surface area (Å²) in [7, 11) is 0. The van der Waals surface area contributed by atoms with Crippen LogP contribution in [0.15, 0.2) is 21.7 Å². The number of nitrogens with zero attached hydrogens (tertiary/aromatic N) is 3. The molecule has 1 unspecified atom stereocenters. The average Bonchev–Trinajstić information content (AvgIpc) is 2.43. The smallest absolute Gasteiger partial charge is 0.433 e. The molecule has 1 aliphatic rings. The molecule has 0 radical (unpaired) electrons. The summed E-state index contributed by atoms with van der Waals surface area (Å²) < 4.78 is -0.361. The van der Waals surface area contributed by atoms with Crippen LogP contribution in [0.25, 0.3) is 0 Å². The van der Waals surface area contributed by atoms with Crippen LogP contribution in [0.4, 0.5) is 4.79 Å². The molecule has 14 heavy (non-hydrogen) atoms. The molecule has 5 nitrogen and oxygen atoms in total. The van der Waals surface area contributed by atoms with E-state index in [4.69, 9.17) is 5.11 Å². The zero-order valence-corrected chi connectivity index (χ0v) is 8.82. The number of hydrogen-bond donors (Lipinski definition) is 1. The predicted molar refractivity (Wildman–Crippen MR) is 51.3 cm³/mol. The maximum Gasteiger partial charge on any atom is 0.547 e. The maximum atomic E-state index is 11.2. The molecule has 0 saturated carbocycles. The molecule has 0 aromatic heterocycles. The third kappa shape index (κ3) is 1.55. The van der Waals surface area contributed by atoms with Crippen molar-refractivity contribution >= 4 is 6.09 Å². The number of unbranched alkanes of at least 4 members (excludes halogenated alkanes) is 1. The van der Waals surface area contributed by atoms with Crippen molar-refractivity contribution in [2.24, 2.45) is 10.3 Å². The summed E-state index contributed by atoms with van der Waals surface area (Å²) in [6.45, 7) is 6.07. The lowest BCUT2D eigenvalue weighted by molar-refractivity contribution is -0.827. The van der Waals surface area contributed by atoms with Crippen LogP contribution in [0.1, 0.15) is 33.6 Å². The Hall–Kier alpha value is -1.23. The third-order valence-electron chi connectivity index (χ3n) is 2.58. The number of hydrogen-bond acceptors (Lipinski definition) is 3. The lowest BCUT2D eigenvalue weighted by Crippen LogP contribution is -2.44. The molecule has 78 valence electrons. The molecule has 1 amide bonds. The van der Waals surface area contributed by atoms with Crippen LogP contribution in [0, 0.1) is 0 Å². The minimum atomic E-state index is -0.948. The standard InChI is InChI=1S/C9H15N3O2/c1-4-5-6-12(9(13)14)8(3)7(2)10-11-12/h4-6H2,1-3H3/p+1. The second-order valence-corrected chi connectivity index (χ2v) is 3.49. The van der Waals surface area contributed by atoms with E-state index in [2.05, 4.69) is 10.3 Å². The molecular formula is C9H16N3O2+. The Kier molecular flexibility index (Phi) is 3.00. The second-order valence-electron chi connectivity index (χ2n) is 3.49. The van der Waals surface area contributed by atoms with Crippen LogP contribution in [0.3, 0.4) is 0 Å². The molecule has 0 bridgehead atoms. The van der Waals surface area contributed by atoms with Crippen molar-refractivity contribution in [3.8, 4) is 0 Å². The number of allylic oxidation sites excluding steroid dienone is 2. The molecule has 0 aromatic carbocycles. The van der Waals surface area contributed by atoms with Crippen LogP contribution in [-0.4, -0.2) is 22.3 Å². The van der Waals surface area contributed by atoms with Crippen molar-refractivity contribution in [1.82, 2.24) is 0 Å². The Balaban J connectivity index is 2.96. The number of rotatable bonds is 3.